The van der Waals surface area contributed by atoms with Crippen LogP contribution < -0.4 is 0 Å². The van der Waals surface area contributed by atoms with Crippen LogP contribution in [0.25, 0.3) is 5.65 Å². The van der Waals surface area contributed by atoms with Gasteiger partial charge in [0, 0.05) is 37.1 Å². The maximum atomic E-state index is 14.2. The Kier molecular flexibility index (Phi) is 3.74. The molecule has 3 aromatic rings. The van der Waals surface area contributed by atoms with E-state index in [9.17, 15) is 13.9 Å². The van der Waals surface area contributed by atoms with E-state index in [2.05, 4.69) is 9.97 Å². The van der Waals surface area contributed by atoms with Crippen LogP contribution in [0.5, 0.6) is 0 Å². The number of aromatic nitrogens is 3. The Morgan fingerprint density at radius 1 is 1.25 bits per heavy atom. The summed E-state index contributed by atoms with van der Waals surface area (Å²) in [5.41, 5.74) is 1.91. The second-order valence-electron chi connectivity index (χ2n) is 6.05. The molecule has 24 heavy (non-hydrogen) atoms. The molecule has 2 atom stereocenters. The molecule has 1 N–H and O–H groups in total. The topological polar surface area (TPSA) is 53.7 Å². The van der Waals surface area contributed by atoms with E-state index in [1.165, 1.54) is 6.07 Å². The maximum Gasteiger partial charge on any atom is 0.155 e. The van der Waals surface area contributed by atoms with Crippen molar-refractivity contribution in [2.75, 3.05) is 6.54 Å². The van der Waals surface area contributed by atoms with Crippen LogP contribution in [0, 0.1) is 11.6 Å². The summed E-state index contributed by atoms with van der Waals surface area (Å²) >= 11 is 0. The number of nitrogens with zero attached hydrogens (tertiary/aromatic N) is 4. The van der Waals surface area contributed by atoms with Gasteiger partial charge in [0.25, 0.3) is 0 Å². The van der Waals surface area contributed by atoms with Gasteiger partial charge in [0.15, 0.2) is 5.65 Å². The van der Waals surface area contributed by atoms with Crippen molar-refractivity contribution in [1.82, 2.24) is 19.3 Å². The van der Waals surface area contributed by atoms with E-state index in [-0.39, 0.29) is 11.6 Å². The number of halogens is 2. The summed E-state index contributed by atoms with van der Waals surface area (Å²) in [6, 6.07) is 3.08. The lowest BCUT2D eigenvalue weighted by atomic mass is 10.0. The average molecular weight is 330 g/mol. The molecule has 4 rings (SSSR count). The van der Waals surface area contributed by atoms with Crippen LogP contribution in [0.3, 0.4) is 0 Å². The highest BCUT2D eigenvalue weighted by molar-refractivity contribution is 5.37. The van der Waals surface area contributed by atoms with Crippen LogP contribution in [-0.4, -0.2) is 37.0 Å². The quantitative estimate of drug-likeness (QED) is 0.801. The van der Waals surface area contributed by atoms with Gasteiger partial charge in [-0.1, -0.05) is 0 Å². The van der Waals surface area contributed by atoms with E-state index in [0.29, 0.717) is 19.5 Å². The van der Waals surface area contributed by atoms with Gasteiger partial charge in [0.05, 0.1) is 24.2 Å². The number of fused-ring (bicyclic) bond motifs is 1. The zero-order chi connectivity index (χ0) is 16.7. The number of aliphatic hydroxyl groups excluding tert-OH is 1. The molecule has 1 aliphatic rings. The highest BCUT2D eigenvalue weighted by Gasteiger charge is 2.34. The molecule has 2 aromatic heterocycles. The molecular formula is C17H16F2N4O. The fraction of sp³-hybridized carbons (Fsp3) is 0.294. The first-order valence-electron chi connectivity index (χ1n) is 7.75. The van der Waals surface area contributed by atoms with E-state index >= 15 is 0 Å². The number of hydrogen-bond acceptors (Lipinski definition) is 4. The second-order valence-corrected chi connectivity index (χ2v) is 6.05. The lowest BCUT2D eigenvalue weighted by molar-refractivity contribution is 0.171. The fourth-order valence-electron chi connectivity index (χ4n) is 3.37. The first-order chi connectivity index (χ1) is 11.6. The molecule has 0 unspecified atom stereocenters. The van der Waals surface area contributed by atoms with Gasteiger partial charge < -0.3 is 5.11 Å². The van der Waals surface area contributed by atoms with E-state index in [4.69, 9.17) is 0 Å². The van der Waals surface area contributed by atoms with E-state index in [1.54, 1.807) is 18.6 Å². The molecule has 0 bridgehead atoms. The smallest absolute Gasteiger partial charge is 0.155 e. The first kappa shape index (κ1) is 15.2. The number of benzene rings is 1. The zero-order valence-corrected chi connectivity index (χ0v) is 12.8. The third-order valence-electron chi connectivity index (χ3n) is 4.46. The minimum absolute atomic E-state index is 0.280. The van der Waals surface area contributed by atoms with Gasteiger partial charge in [-0.3, -0.25) is 14.3 Å². The molecule has 0 spiro atoms. The number of aliphatic hydroxyl groups is 1. The molecule has 0 radical (unpaired) electrons. The van der Waals surface area contributed by atoms with Crippen molar-refractivity contribution in [3.8, 4) is 0 Å². The average Bonchev–Trinajstić information content (AvgIpc) is 3.14. The largest absolute Gasteiger partial charge is 0.392 e. The lowest BCUT2D eigenvalue weighted by Crippen LogP contribution is -2.25. The molecule has 5 nitrogen and oxygen atoms in total. The van der Waals surface area contributed by atoms with Gasteiger partial charge in [-0.25, -0.2) is 13.8 Å². The van der Waals surface area contributed by atoms with Crippen LogP contribution >= 0.6 is 0 Å². The molecule has 1 saturated heterocycles. The predicted octanol–water partition coefficient (Wildman–Crippen LogP) is 2.32. The minimum atomic E-state index is -0.571. The van der Waals surface area contributed by atoms with Crippen molar-refractivity contribution in [2.45, 2.75) is 25.1 Å². The molecular weight excluding hydrogens is 314 g/mol. The van der Waals surface area contributed by atoms with Gasteiger partial charge in [-0.05, 0) is 24.6 Å². The Morgan fingerprint density at radius 2 is 2.12 bits per heavy atom. The number of likely N-dealkylation sites (tertiary alicyclic amines) is 1. The van der Waals surface area contributed by atoms with Crippen LogP contribution in [0.2, 0.25) is 0 Å². The van der Waals surface area contributed by atoms with Gasteiger partial charge in [-0.15, -0.1) is 0 Å². The van der Waals surface area contributed by atoms with E-state index in [0.717, 1.165) is 23.5 Å². The Hall–Kier alpha value is -2.38. The van der Waals surface area contributed by atoms with E-state index < -0.39 is 17.7 Å². The van der Waals surface area contributed by atoms with Gasteiger partial charge in [0.2, 0.25) is 0 Å². The van der Waals surface area contributed by atoms with Crippen LogP contribution in [0.1, 0.15) is 23.7 Å². The maximum absolute atomic E-state index is 14.2. The first-order valence-corrected chi connectivity index (χ1v) is 7.75. The molecule has 3 heterocycles. The Labute approximate surface area is 137 Å². The summed E-state index contributed by atoms with van der Waals surface area (Å²) in [5, 5.41) is 10.0. The molecule has 0 saturated carbocycles. The summed E-state index contributed by atoms with van der Waals surface area (Å²) in [6.07, 6.45) is 6.67. The summed E-state index contributed by atoms with van der Waals surface area (Å²) in [4.78, 5) is 10.3. The molecule has 0 amide bonds. The predicted molar refractivity (Wildman–Crippen MR) is 83.1 cm³/mol. The molecule has 1 aromatic carbocycles. The highest BCUT2D eigenvalue weighted by atomic mass is 19.1. The Balaban J connectivity index is 1.67. The number of rotatable bonds is 3. The third-order valence-corrected chi connectivity index (χ3v) is 4.46. The highest BCUT2D eigenvalue weighted by Crippen LogP contribution is 2.35. The van der Waals surface area contributed by atoms with Crippen molar-refractivity contribution < 1.29 is 13.9 Å². The summed E-state index contributed by atoms with van der Waals surface area (Å²) in [5.74, 6) is -0.934. The van der Waals surface area contributed by atoms with Gasteiger partial charge in [0.1, 0.15) is 11.6 Å². The molecule has 1 aliphatic heterocycles. The summed E-state index contributed by atoms with van der Waals surface area (Å²) < 4.78 is 29.6. The van der Waals surface area contributed by atoms with Crippen LogP contribution in [-0.2, 0) is 6.54 Å². The molecule has 0 aliphatic carbocycles. The zero-order valence-electron chi connectivity index (χ0n) is 12.8. The third kappa shape index (κ3) is 2.65. The number of hydrogen-bond donors (Lipinski definition) is 1. The summed E-state index contributed by atoms with van der Waals surface area (Å²) in [7, 11) is 0. The molecule has 124 valence electrons. The van der Waals surface area contributed by atoms with Crippen LogP contribution in [0.4, 0.5) is 8.78 Å². The van der Waals surface area contributed by atoms with Gasteiger partial charge >= 0.3 is 0 Å². The minimum Gasteiger partial charge on any atom is -0.392 e. The van der Waals surface area contributed by atoms with Crippen molar-refractivity contribution in [2.24, 2.45) is 0 Å². The van der Waals surface area contributed by atoms with Crippen molar-refractivity contribution in [3.05, 3.63) is 65.9 Å². The lowest BCUT2D eigenvalue weighted by Gasteiger charge is -2.24. The Morgan fingerprint density at radius 3 is 3.00 bits per heavy atom. The second kappa shape index (κ2) is 5.92. The molecule has 7 heteroatoms. The van der Waals surface area contributed by atoms with Crippen molar-refractivity contribution in [3.63, 3.8) is 0 Å². The van der Waals surface area contributed by atoms with Crippen LogP contribution in [0.15, 0.2) is 43.0 Å². The monoisotopic (exact) mass is 330 g/mol. The Bertz CT molecular complexity index is 882. The van der Waals surface area contributed by atoms with Crippen molar-refractivity contribution >= 4 is 5.65 Å². The normalized spacial score (nSPS) is 21.6. The molecule has 1 fully saturated rings. The SMILES string of the molecule is O[C@@H]1C[C@@H](c2cc(F)ccc2F)N(Cc2cnc3cnccn23)C1. The number of imidazole rings is 1. The van der Waals surface area contributed by atoms with E-state index in [1.807, 2.05) is 15.5 Å². The summed E-state index contributed by atoms with van der Waals surface area (Å²) in [6.45, 7) is 0.877. The van der Waals surface area contributed by atoms with Crippen molar-refractivity contribution in [1.29, 1.82) is 0 Å². The standard InChI is InChI=1S/C17H16F2N4O/c18-11-1-2-15(19)14(5-11)16-6-13(24)10-22(16)9-12-7-21-17-8-20-3-4-23(12)17/h1-5,7-8,13,16,24H,6,9-10H2/t13-,16+/m1/s1. The fourth-order valence-corrected chi connectivity index (χ4v) is 3.37. The number of β-amino-alcohol motifs (C(OH)–C–C–N with tert-alkyl or cyclic N) is 1. The van der Waals surface area contributed by atoms with Gasteiger partial charge in [-0.2, -0.15) is 0 Å².